The average molecular weight is 234 g/mol. The number of fused-ring (bicyclic) bond motifs is 1. The minimum absolute atomic E-state index is 0.0656. The fraction of sp³-hybridized carbons (Fsp3) is 0.583. The fourth-order valence-electron chi connectivity index (χ4n) is 1.85. The minimum Gasteiger partial charge on any atom is -0.265 e. The predicted octanol–water partition coefficient (Wildman–Crippen LogP) is 1.60. The van der Waals surface area contributed by atoms with Gasteiger partial charge < -0.3 is 0 Å². The Hall–Kier alpha value is -1.65. The first-order valence-electron chi connectivity index (χ1n) is 6.08. The van der Waals surface area contributed by atoms with Crippen molar-refractivity contribution in [3.05, 3.63) is 27.9 Å². The number of aromatic nitrogens is 4. The van der Waals surface area contributed by atoms with Crippen LogP contribution in [0.2, 0.25) is 0 Å². The lowest BCUT2D eigenvalue weighted by Gasteiger charge is -2.09. The first-order valence-corrected chi connectivity index (χ1v) is 6.08. The van der Waals surface area contributed by atoms with E-state index in [-0.39, 0.29) is 11.5 Å². The van der Waals surface area contributed by atoms with Crippen LogP contribution in [0.1, 0.15) is 45.1 Å². The normalized spacial score (nSPS) is 11.6. The highest BCUT2D eigenvalue weighted by Gasteiger charge is 2.14. The van der Waals surface area contributed by atoms with E-state index in [2.05, 4.69) is 24.0 Å². The van der Waals surface area contributed by atoms with Crippen LogP contribution in [0.5, 0.6) is 0 Å². The highest BCUT2D eigenvalue weighted by Crippen LogP contribution is 2.12. The van der Waals surface area contributed by atoms with Crippen LogP contribution in [0.3, 0.4) is 0 Å². The molecule has 2 aromatic rings. The van der Waals surface area contributed by atoms with Crippen LogP contribution in [0, 0.1) is 0 Å². The van der Waals surface area contributed by atoms with Gasteiger partial charge >= 0.3 is 0 Å². The number of aryl methyl sites for hydroxylation is 2. The largest absolute Gasteiger partial charge is 0.292 e. The highest BCUT2D eigenvalue weighted by atomic mass is 16.1. The van der Waals surface area contributed by atoms with Gasteiger partial charge in [0.1, 0.15) is 5.52 Å². The van der Waals surface area contributed by atoms with Crippen LogP contribution in [0.4, 0.5) is 0 Å². The summed E-state index contributed by atoms with van der Waals surface area (Å²) in [6, 6.07) is 1.86. The van der Waals surface area contributed by atoms with Crippen LogP contribution in [-0.2, 0) is 13.0 Å². The molecule has 0 saturated heterocycles. The van der Waals surface area contributed by atoms with Crippen LogP contribution >= 0.6 is 0 Å². The third-order valence-corrected chi connectivity index (χ3v) is 2.83. The molecule has 0 unspecified atom stereocenters. The van der Waals surface area contributed by atoms with Crippen molar-refractivity contribution in [1.82, 2.24) is 19.4 Å². The molecule has 92 valence electrons. The smallest absolute Gasteiger partial charge is 0.265 e. The molecule has 2 rings (SSSR count). The molecule has 0 bridgehead atoms. The van der Waals surface area contributed by atoms with Crippen LogP contribution < -0.4 is 5.56 Å². The van der Waals surface area contributed by atoms with E-state index in [9.17, 15) is 4.79 Å². The monoisotopic (exact) mass is 234 g/mol. The molecule has 2 aromatic heterocycles. The molecular formula is C12H18N4O. The van der Waals surface area contributed by atoms with Crippen molar-refractivity contribution in [2.24, 2.45) is 0 Å². The second-order valence-corrected chi connectivity index (χ2v) is 4.42. The molecule has 0 saturated carbocycles. The van der Waals surface area contributed by atoms with E-state index < -0.39 is 0 Å². The van der Waals surface area contributed by atoms with Gasteiger partial charge in [-0.15, -0.1) is 0 Å². The third kappa shape index (κ3) is 1.85. The molecule has 0 aliphatic rings. The lowest BCUT2D eigenvalue weighted by molar-refractivity contribution is 0.551. The molecule has 0 aliphatic carbocycles. The van der Waals surface area contributed by atoms with Crippen molar-refractivity contribution in [2.75, 3.05) is 0 Å². The fourth-order valence-corrected chi connectivity index (χ4v) is 1.85. The zero-order valence-corrected chi connectivity index (χ0v) is 10.8. The second-order valence-electron chi connectivity index (χ2n) is 4.42. The Kier molecular flexibility index (Phi) is 3.00. The van der Waals surface area contributed by atoms with Crippen molar-refractivity contribution < 1.29 is 0 Å². The lowest BCUT2D eigenvalue weighted by atomic mass is 10.2. The van der Waals surface area contributed by atoms with Crippen molar-refractivity contribution in [3.8, 4) is 0 Å². The second kappa shape index (κ2) is 4.31. The number of hydrogen-bond acceptors (Lipinski definition) is 3. The van der Waals surface area contributed by atoms with Gasteiger partial charge in [0.25, 0.3) is 5.56 Å². The summed E-state index contributed by atoms with van der Waals surface area (Å²) in [7, 11) is 0. The van der Waals surface area contributed by atoms with Crippen molar-refractivity contribution in [1.29, 1.82) is 0 Å². The predicted molar refractivity (Wildman–Crippen MR) is 66.4 cm³/mol. The van der Waals surface area contributed by atoms with Crippen LogP contribution in [-0.4, -0.2) is 19.4 Å². The maximum atomic E-state index is 12.1. The Morgan fingerprint density at radius 3 is 2.53 bits per heavy atom. The number of rotatable bonds is 3. The summed E-state index contributed by atoms with van der Waals surface area (Å²) >= 11 is 0. The van der Waals surface area contributed by atoms with Gasteiger partial charge in [-0.3, -0.25) is 4.79 Å². The summed E-state index contributed by atoms with van der Waals surface area (Å²) in [5, 5.41) is 8.80. The van der Waals surface area contributed by atoms with Crippen molar-refractivity contribution >= 4 is 5.52 Å². The van der Waals surface area contributed by atoms with E-state index in [0.29, 0.717) is 12.1 Å². The summed E-state index contributed by atoms with van der Waals surface area (Å²) in [6.07, 6.45) is 0.824. The molecule has 2 heterocycles. The summed E-state index contributed by atoms with van der Waals surface area (Å²) in [5.41, 5.74) is 1.49. The highest BCUT2D eigenvalue weighted by molar-refractivity contribution is 5.45. The maximum absolute atomic E-state index is 12.1. The van der Waals surface area contributed by atoms with Gasteiger partial charge in [0.05, 0.1) is 5.69 Å². The Labute approximate surface area is 100 Å². The Balaban J connectivity index is 2.84. The maximum Gasteiger partial charge on any atom is 0.292 e. The van der Waals surface area contributed by atoms with E-state index in [1.54, 1.807) is 4.52 Å². The number of nitrogens with zero attached hydrogens (tertiary/aromatic N) is 4. The molecule has 0 fully saturated rings. The van der Waals surface area contributed by atoms with Crippen LogP contribution in [0.15, 0.2) is 10.9 Å². The van der Waals surface area contributed by atoms with Crippen molar-refractivity contribution in [2.45, 2.75) is 46.6 Å². The van der Waals surface area contributed by atoms with Gasteiger partial charge in [0, 0.05) is 12.5 Å². The zero-order chi connectivity index (χ0) is 12.6. The average Bonchev–Trinajstić information content (AvgIpc) is 2.73. The van der Waals surface area contributed by atoms with E-state index >= 15 is 0 Å². The third-order valence-electron chi connectivity index (χ3n) is 2.83. The summed E-state index contributed by atoms with van der Waals surface area (Å²) in [5.74, 6) is 1.07. The zero-order valence-electron chi connectivity index (χ0n) is 10.8. The number of hydrogen-bond donors (Lipinski definition) is 0. The lowest BCUT2D eigenvalue weighted by Crippen LogP contribution is -2.27. The molecule has 0 aliphatic heterocycles. The molecule has 5 nitrogen and oxygen atoms in total. The van der Waals surface area contributed by atoms with Gasteiger partial charge in [-0.1, -0.05) is 20.8 Å². The van der Waals surface area contributed by atoms with Gasteiger partial charge in [-0.05, 0) is 19.4 Å². The summed E-state index contributed by atoms with van der Waals surface area (Å²) in [6.45, 7) is 8.65. The van der Waals surface area contributed by atoms with E-state index in [1.807, 2.05) is 19.9 Å². The van der Waals surface area contributed by atoms with Gasteiger partial charge in [0.15, 0.2) is 5.82 Å². The standard InChI is InChI=1S/C12H18N4O/c1-5-9-7-10-12(17)15(6-2)14-11(8(3)4)16(10)13-9/h7-8H,5-6H2,1-4H3. The Morgan fingerprint density at radius 2 is 2.00 bits per heavy atom. The molecule has 0 N–H and O–H groups in total. The first-order chi connectivity index (χ1) is 8.08. The van der Waals surface area contributed by atoms with Gasteiger partial charge in [-0.25, -0.2) is 9.20 Å². The molecule has 0 amide bonds. The molecule has 17 heavy (non-hydrogen) atoms. The van der Waals surface area contributed by atoms with E-state index in [4.69, 9.17) is 0 Å². The molecule has 0 spiro atoms. The molecule has 0 aromatic carbocycles. The first kappa shape index (κ1) is 11.8. The van der Waals surface area contributed by atoms with Crippen molar-refractivity contribution in [3.63, 3.8) is 0 Å². The van der Waals surface area contributed by atoms with Gasteiger partial charge in [0.2, 0.25) is 0 Å². The van der Waals surface area contributed by atoms with Crippen LogP contribution in [0.25, 0.3) is 5.52 Å². The van der Waals surface area contributed by atoms with Gasteiger partial charge in [-0.2, -0.15) is 10.2 Å². The summed E-state index contributed by atoms with van der Waals surface area (Å²) < 4.78 is 3.20. The quantitative estimate of drug-likeness (QED) is 0.810. The Morgan fingerprint density at radius 1 is 1.29 bits per heavy atom. The minimum atomic E-state index is -0.0656. The van der Waals surface area contributed by atoms with E-state index in [0.717, 1.165) is 17.9 Å². The Bertz CT molecular complexity index is 594. The molecule has 0 atom stereocenters. The molecular weight excluding hydrogens is 216 g/mol. The topological polar surface area (TPSA) is 52.2 Å². The van der Waals surface area contributed by atoms with E-state index in [1.165, 1.54) is 4.68 Å². The SMILES string of the molecule is CCc1cc2c(=O)n(CC)nc(C(C)C)n2n1. The molecule has 0 radical (unpaired) electrons. The summed E-state index contributed by atoms with van der Waals surface area (Å²) in [4.78, 5) is 12.1. The molecule has 5 heteroatoms.